The third-order valence-electron chi connectivity index (χ3n) is 3.90. The molecular formula is C20H16Cl3F3O. The van der Waals surface area contributed by atoms with Crippen molar-refractivity contribution in [3.63, 3.8) is 0 Å². The van der Waals surface area contributed by atoms with E-state index in [1.165, 1.54) is 31.2 Å². The Bertz CT molecular complexity index is 840. The molecule has 27 heavy (non-hydrogen) atoms. The molecule has 0 aliphatic heterocycles. The number of halogens is 6. The van der Waals surface area contributed by atoms with Gasteiger partial charge in [0.05, 0.1) is 5.92 Å². The maximum atomic E-state index is 13.5. The molecule has 0 spiro atoms. The lowest BCUT2D eigenvalue weighted by atomic mass is 9.96. The molecule has 0 saturated heterocycles. The zero-order valence-corrected chi connectivity index (χ0v) is 16.6. The standard InChI is InChI=1S/C20H16Cl3F3O/c1-12(27)2-5-14-6-3-13(8-19(14)23)4-7-18(20(24,25)26)15-9-16(21)11-17(22)10-15/h3-4,6-11,18H,2,5H2,1H3/b7-4+. The highest BCUT2D eigenvalue weighted by atomic mass is 35.5. The Kier molecular flexibility index (Phi) is 7.38. The maximum Gasteiger partial charge on any atom is 0.399 e. The van der Waals surface area contributed by atoms with Crippen LogP contribution >= 0.6 is 34.8 Å². The molecule has 0 fully saturated rings. The second-order valence-electron chi connectivity index (χ2n) is 6.13. The van der Waals surface area contributed by atoms with Crippen molar-refractivity contribution in [3.05, 3.63) is 74.2 Å². The summed E-state index contributed by atoms with van der Waals surface area (Å²) < 4.78 is 40.5. The first-order chi connectivity index (χ1) is 12.6. The Balaban J connectivity index is 2.28. The molecular weight excluding hydrogens is 420 g/mol. The van der Waals surface area contributed by atoms with Crippen LogP contribution in [-0.4, -0.2) is 12.0 Å². The molecule has 0 radical (unpaired) electrons. The summed E-state index contributed by atoms with van der Waals surface area (Å²) in [6.07, 6.45) is -1.25. The van der Waals surface area contributed by atoms with Crippen molar-refractivity contribution in [2.75, 3.05) is 0 Å². The minimum Gasteiger partial charge on any atom is -0.300 e. The molecule has 2 rings (SSSR count). The molecule has 0 aliphatic carbocycles. The second-order valence-corrected chi connectivity index (χ2v) is 7.41. The fraction of sp³-hybridized carbons (Fsp3) is 0.250. The van der Waals surface area contributed by atoms with E-state index < -0.39 is 12.1 Å². The third kappa shape index (κ3) is 6.56. The lowest BCUT2D eigenvalue weighted by Crippen LogP contribution is -2.18. The molecule has 2 aromatic rings. The van der Waals surface area contributed by atoms with E-state index in [0.717, 1.165) is 11.6 Å². The number of benzene rings is 2. The minimum atomic E-state index is -4.50. The van der Waals surface area contributed by atoms with E-state index in [1.54, 1.807) is 18.2 Å². The number of alkyl halides is 3. The molecule has 2 aromatic carbocycles. The Hall–Kier alpha value is -1.49. The Morgan fingerprint density at radius 1 is 1.07 bits per heavy atom. The van der Waals surface area contributed by atoms with Crippen LogP contribution in [0.4, 0.5) is 13.2 Å². The molecule has 1 nitrogen and oxygen atoms in total. The van der Waals surface area contributed by atoms with Crippen molar-refractivity contribution >= 4 is 46.7 Å². The summed E-state index contributed by atoms with van der Waals surface area (Å²) in [6.45, 7) is 1.49. The molecule has 0 heterocycles. The van der Waals surface area contributed by atoms with Crippen LogP contribution in [0.1, 0.15) is 36.0 Å². The fourth-order valence-corrected chi connectivity index (χ4v) is 3.38. The smallest absolute Gasteiger partial charge is 0.300 e. The predicted molar refractivity (Wildman–Crippen MR) is 105 cm³/mol. The van der Waals surface area contributed by atoms with Crippen molar-refractivity contribution in [2.45, 2.75) is 31.9 Å². The zero-order chi connectivity index (χ0) is 20.2. The quantitative estimate of drug-likeness (QED) is 0.458. The normalized spacial score (nSPS) is 13.1. The lowest BCUT2D eigenvalue weighted by Gasteiger charge is -2.18. The van der Waals surface area contributed by atoms with Crippen LogP contribution in [0.15, 0.2) is 42.5 Å². The molecule has 144 valence electrons. The number of hydrogen-bond donors (Lipinski definition) is 0. The van der Waals surface area contributed by atoms with Gasteiger partial charge < -0.3 is 4.79 Å². The van der Waals surface area contributed by atoms with Gasteiger partial charge in [0.15, 0.2) is 0 Å². The highest BCUT2D eigenvalue weighted by molar-refractivity contribution is 6.34. The summed E-state index contributed by atoms with van der Waals surface area (Å²) in [5.41, 5.74) is 1.26. The predicted octanol–water partition coefficient (Wildman–Crippen LogP) is 7.53. The van der Waals surface area contributed by atoms with Gasteiger partial charge in [-0.3, -0.25) is 0 Å². The van der Waals surface area contributed by atoms with E-state index >= 15 is 0 Å². The van der Waals surface area contributed by atoms with Gasteiger partial charge in [0.1, 0.15) is 5.78 Å². The molecule has 1 atom stereocenters. The van der Waals surface area contributed by atoms with Crippen LogP contribution in [0.5, 0.6) is 0 Å². The highest BCUT2D eigenvalue weighted by Crippen LogP contribution is 2.38. The van der Waals surface area contributed by atoms with Crippen LogP contribution in [-0.2, 0) is 11.2 Å². The first-order valence-corrected chi connectivity index (χ1v) is 9.18. The molecule has 0 N–H and O–H groups in total. The van der Waals surface area contributed by atoms with Crippen molar-refractivity contribution in [2.24, 2.45) is 0 Å². The molecule has 7 heteroatoms. The number of carbonyl (C=O) groups excluding carboxylic acids is 1. The average molecular weight is 436 g/mol. The summed E-state index contributed by atoms with van der Waals surface area (Å²) in [4.78, 5) is 11.1. The van der Waals surface area contributed by atoms with E-state index in [9.17, 15) is 18.0 Å². The minimum absolute atomic E-state index is 0.0413. The number of allylic oxidation sites excluding steroid dienone is 1. The number of carbonyl (C=O) groups is 1. The SMILES string of the molecule is CC(=O)CCc1ccc(/C=C/C(c2cc(Cl)cc(Cl)c2)C(F)(F)F)cc1Cl. The molecule has 0 aliphatic rings. The average Bonchev–Trinajstić information content (AvgIpc) is 2.51. The molecule has 1 unspecified atom stereocenters. The van der Waals surface area contributed by atoms with Gasteiger partial charge in [-0.25, -0.2) is 0 Å². The van der Waals surface area contributed by atoms with Crippen molar-refractivity contribution in [1.29, 1.82) is 0 Å². The number of ketones is 1. The summed E-state index contributed by atoms with van der Waals surface area (Å²) in [7, 11) is 0. The van der Waals surface area contributed by atoms with Gasteiger partial charge in [-0.15, -0.1) is 0 Å². The number of hydrogen-bond acceptors (Lipinski definition) is 1. The first kappa shape index (κ1) is 21.8. The summed E-state index contributed by atoms with van der Waals surface area (Å²) >= 11 is 17.8. The topological polar surface area (TPSA) is 17.1 Å². The number of Topliss-reactive ketones (excluding diaryl/α,β-unsaturated/α-hetero) is 1. The lowest BCUT2D eigenvalue weighted by molar-refractivity contribution is -0.139. The van der Waals surface area contributed by atoms with Gasteiger partial charge in [-0.05, 0) is 54.3 Å². The molecule has 0 aromatic heterocycles. The van der Waals surface area contributed by atoms with E-state index in [-0.39, 0.29) is 21.4 Å². The van der Waals surface area contributed by atoms with Crippen LogP contribution < -0.4 is 0 Å². The Morgan fingerprint density at radius 2 is 1.70 bits per heavy atom. The van der Waals surface area contributed by atoms with E-state index in [2.05, 4.69) is 0 Å². The van der Waals surface area contributed by atoms with Gasteiger partial charge >= 0.3 is 6.18 Å². The van der Waals surface area contributed by atoms with Crippen molar-refractivity contribution in [3.8, 4) is 0 Å². The monoisotopic (exact) mass is 434 g/mol. The van der Waals surface area contributed by atoms with E-state index in [4.69, 9.17) is 34.8 Å². The van der Waals surface area contributed by atoms with Crippen LogP contribution in [0.2, 0.25) is 15.1 Å². The van der Waals surface area contributed by atoms with Crippen LogP contribution in [0.3, 0.4) is 0 Å². The van der Waals surface area contributed by atoms with Gasteiger partial charge in [-0.2, -0.15) is 13.2 Å². The highest BCUT2D eigenvalue weighted by Gasteiger charge is 2.39. The van der Waals surface area contributed by atoms with Gasteiger partial charge in [0.25, 0.3) is 0 Å². The van der Waals surface area contributed by atoms with Gasteiger partial charge in [0.2, 0.25) is 0 Å². The van der Waals surface area contributed by atoms with Crippen molar-refractivity contribution in [1.82, 2.24) is 0 Å². The first-order valence-electron chi connectivity index (χ1n) is 8.05. The Morgan fingerprint density at radius 3 is 2.22 bits per heavy atom. The molecule has 0 bridgehead atoms. The Labute approximate surface area is 170 Å². The van der Waals surface area contributed by atoms with Crippen molar-refractivity contribution < 1.29 is 18.0 Å². The second kappa shape index (κ2) is 9.13. The summed E-state index contributed by atoms with van der Waals surface area (Å²) in [5.74, 6) is -1.81. The third-order valence-corrected chi connectivity index (χ3v) is 4.69. The molecule has 0 saturated carbocycles. The number of aryl methyl sites for hydroxylation is 1. The zero-order valence-electron chi connectivity index (χ0n) is 14.3. The van der Waals surface area contributed by atoms with E-state index in [0.29, 0.717) is 23.4 Å². The van der Waals surface area contributed by atoms with Gasteiger partial charge in [-0.1, -0.05) is 59.1 Å². The summed E-state index contributed by atoms with van der Waals surface area (Å²) in [6, 6.07) is 8.82. The number of rotatable bonds is 6. The van der Waals surface area contributed by atoms with Crippen LogP contribution in [0, 0.1) is 0 Å². The summed E-state index contributed by atoms with van der Waals surface area (Å²) in [5, 5.41) is 0.684. The largest absolute Gasteiger partial charge is 0.399 e. The fourth-order valence-electron chi connectivity index (χ4n) is 2.55. The van der Waals surface area contributed by atoms with Gasteiger partial charge in [0, 0.05) is 21.5 Å². The maximum absolute atomic E-state index is 13.5. The molecule has 0 amide bonds. The van der Waals surface area contributed by atoms with E-state index in [1.807, 2.05) is 0 Å². The van der Waals surface area contributed by atoms with Crippen LogP contribution in [0.25, 0.3) is 6.08 Å².